The van der Waals surface area contributed by atoms with E-state index in [1.807, 2.05) is 0 Å². The summed E-state index contributed by atoms with van der Waals surface area (Å²) < 4.78 is 15.3. The highest BCUT2D eigenvalue weighted by atomic mass is 19.1. The van der Waals surface area contributed by atoms with E-state index < -0.39 is 5.82 Å². The van der Waals surface area contributed by atoms with Gasteiger partial charge in [0, 0.05) is 32.2 Å². The molecule has 0 spiro atoms. The number of aryl methyl sites for hydroxylation is 2. The van der Waals surface area contributed by atoms with E-state index in [-0.39, 0.29) is 35.8 Å². The van der Waals surface area contributed by atoms with E-state index >= 15 is 0 Å². The molecule has 29 heavy (non-hydrogen) atoms. The molecule has 1 saturated heterocycles. The van der Waals surface area contributed by atoms with Crippen LogP contribution in [0.15, 0.2) is 35.1 Å². The van der Waals surface area contributed by atoms with Crippen molar-refractivity contribution in [2.45, 2.75) is 25.3 Å². The van der Waals surface area contributed by atoms with Gasteiger partial charge in [0.25, 0.3) is 5.56 Å². The second kappa shape index (κ2) is 7.65. The molecule has 1 N–H and O–H groups in total. The molecule has 9 heteroatoms. The molecule has 2 aliphatic rings. The summed E-state index contributed by atoms with van der Waals surface area (Å²) in [5.74, 6) is -0.730. The van der Waals surface area contributed by atoms with Gasteiger partial charge in [0.05, 0.1) is 11.4 Å². The topological polar surface area (TPSA) is 87.5 Å². The lowest BCUT2D eigenvalue weighted by atomic mass is 9.92. The van der Waals surface area contributed by atoms with Crippen LogP contribution >= 0.6 is 0 Å². The van der Waals surface area contributed by atoms with Gasteiger partial charge in [-0.3, -0.25) is 14.5 Å². The van der Waals surface area contributed by atoms with Crippen molar-refractivity contribution in [3.05, 3.63) is 57.8 Å². The van der Waals surface area contributed by atoms with Crippen LogP contribution in [0.4, 0.5) is 14.9 Å². The third-order valence-electron chi connectivity index (χ3n) is 5.39. The molecule has 0 radical (unpaired) electrons. The zero-order valence-electron chi connectivity index (χ0n) is 16.1. The van der Waals surface area contributed by atoms with Gasteiger partial charge in [0.15, 0.2) is 0 Å². The van der Waals surface area contributed by atoms with Crippen LogP contribution < -0.4 is 15.8 Å². The summed E-state index contributed by atoms with van der Waals surface area (Å²) in [6.45, 7) is 0.606. The Balaban J connectivity index is 1.36. The molecule has 0 saturated carbocycles. The molecule has 1 aliphatic heterocycles. The van der Waals surface area contributed by atoms with Crippen LogP contribution in [0, 0.1) is 5.82 Å². The number of hydrogen-bond donors (Lipinski definition) is 1. The van der Waals surface area contributed by atoms with Crippen LogP contribution in [0.25, 0.3) is 0 Å². The Bertz CT molecular complexity index is 1020. The van der Waals surface area contributed by atoms with Crippen molar-refractivity contribution in [1.29, 1.82) is 0 Å². The molecular formula is C20H22FN5O3. The molecule has 1 fully saturated rings. The standard InChI is InChI=1S/C20H22FN5O3/c1-24-19(28)11-13-10-14(6-7-16(13)23-24)22-18(27)12-25-8-9-26(20(25)29)17-5-3-2-4-15(17)21/h2-5,11,14H,6-10,12H2,1H3,(H,22,27). The normalized spacial score (nSPS) is 18.7. The number of nitrogens with zero attached hydrogens (tertiary/aromatic N) is 4. The lowest BCUT2D eigenvalue weighted by Gasteiger charge is -2.26. The first kappa shape index (κ1) is 19.1. The Hall–Kier alpha value is -3.23. The first-order chi connectivity index (χ1) is 13.9. The predicted molar refractivity (Wildman–Crippen MR) is 104 cm³/mol. The van der Waals surface area contributed by atoms with E-state index in [4.69, 9.17) is 0 Å². The fourth-order valence-electron chi connectivity index (χ4n) is 3.88. The third-order valence-corrected chi connectivity index (χ3v) is 5.39. The van der Waals surface area contributed by atoms with E-state index in [0.29, 0.717) is 25.9 Å². The molecule has 1 atom stereocenters. The number of hydrogen-bond acceptors (Lipinski definition) is 4. The van der Waals surface area contributed by atoms with Gasteiger partial charge >= 0.3 is 6.03 Å². The number of halogens is 1. The van der Waals surface area contributed by atoms with E-state index in [0.717, 1.165) is 17.7 Å². The molecule has 2 aromatic rings. The smallest absolute Gasteiger partial charge is 0.325 e. The van der Waals surface area contributed by atoms with Crippen LogP contribution in [0.5, 0.6) is 0 Å². The molecule has 1 unspecified atom stereocenters. The molecule has 2 heterocycles. The lowest BCUT2D eigenvalue weighted by molar-refractivity contribution is -0.122. The number of rotatable bonds is 4. The van der Waals surface area contributed by atoms with E-state index in [2.05, 4.69) is 10.4 Å². The third kappa shape index (κ3) is 3.85. The number of carbonyl (C=O) groups excluding carboxylic acids is 2. The average molecular weight is 399 g/mol. The fraction of sp³-hybridized carbons (Fsp3) is 0.400. The van der Waals surface area contributed by atoms with Crippen molar-refractivity contribution in [2.24, 2.45) is 7.05 Å². The number of urea groups is 1. The number of para-hydroxylation sites is 1. The Morgan fingerprint density at radius 2 is 2.07 bits per heavy atom. The van der Waals surface area contributed by atoms with Gasteiger partial charge in [0.1, 0.15) is 12.4 Å². The summed E-state index contributed by atoms with van der Waals surface area (Å²) in [6.07, 6.45) is 1.94. The molecule has 3 amide bonds. The number of carbonyl (C=O) groups is 2. The predicted octanol–water partition coefficient (Wildman–Crippen LogP) is 0.835. The quantitative estimate of drug-likeness (QED) is 0.825. The highest BCUT2D eigenvalue weighted by Crippen LogP contribution is 2.23. The zero-order chi connectivity index (χ0) is 20.5. The second-order valence-corrected chi connectivity index (χ2v) is 7.39. The molecule has 1 aromatic carbocycles. The number of nitrogens with one attached hydrogen (secondary N) is 1. The van der Waals surface area contributed by atoms with Crippen LogP contribution in [0.3, 0.4) is 0 Å². The van der Waals surface area contributed by atoms with Crippen molar-refractivity contribution in [3.63, 3.8) is 0 Å². The summed E-state index contributed by atoms with van der Waals surface area (Å²) in [6, 6.07) is 7.17. The monoisotopic (exact) mass is 399 g/mol. The van der Waals surface area contributed by atoms with E-state index in [1.54, 1.807) is 31.3 Å². The van der Waals surface area contributed by atoms with Crippen molar-refractivity contribution < 1.29 is 14.0 Å². The zero-order valence-corrected chi connectivity index (χ0v) is 16.1. The molecule has 0 bridgehead atoms. The largest absolute Gasteiger partial charge is 0.351 e. The Morgan fingerprint density at radius 3 is 2.86 bits per heavy atom. The Kier molecular flexibility index (Phi) is 5.04. The van der Waals surface area contributed by atoms with Crippen LogP contribution in [0.1, 0.15) is 17.7 Å². The molecule has 152 valence electrons. The minimum Gasteiger partial charge on any atom is -0.351 e. The maximum atomic E-state index is 14.0. The van der Waals surface area contributed by atoms with Gasteiger partial charge in [-0.2, -0.15) is 5.10 Å². The summed E-state index contributed by atoms with van der Waals surface area (Å²) in [5, 5.41) is 7.21. The number of anilines is 1. The number of fused-ring (bicyclic) bond motifs is 1. The minimum atomic E-state index is -0.465. The SMILES string of the molecule is Cn1nc2c(cc1=O)CC(NC(=O)CN1CCN(c3ccccc3F)C1=O)CC2. The molecule has 1 aliphatic carbocycles. The average Bonchev–Trinajstić information content (AvgIpc) is 3.03. The van der Waals surface area contributed by atoms with Crippen LogP contribution in [-0.2, 0) is 24.7 Å². The summed E-state index contributed by atoms with van der Waals surface area (Å²) in [5.41, 5.74) is 1.78. The Labute approximate surface area is 166 Å². The first-order valence-electron chi connectivity index (χ1n) is 9.59. The van der Waals surface area contributed by atoms with Gasteiger partial charge in [-0.15, -0.1) is 0 Å². The van der Waals surface area contributed by atoms with Gasteiger partial charge < -0.3 is 10.2 Å². The summed E-state index contributed by atoms with van der Waals surface area (Å²) in [4.78, 5) is 39.6. The highest BCUT2D eigenvalue weighted by molar-refractivity contribution is 5.96. The molecule has 1 aromatic heterocycles. The van der Waals surface area contributed by atoms with Crippen LogP contribution in [0.2, 0.25) is 0 Å². The number of aromatic nitrogens is 2. The lowest BCUT2D eigenvalue weighted by Crippen LogP contribution is -2.45. The van der Waals surface area contributed by atoms with Crippen molar-refractivity contribution in [1.82, 2.24) is 20.0 Å². The first-order valence-corrected chi connectivity index (χ1v) is 9.59. The van der Waals surface area contributed by atoms with E-state index in [1.165, 1.54) is 20.5 Å². The van der Waals surface area contributed by atoms with Crippen molar-refractivity contribution in [2.75, 3.05) is 24.5 Å². The van der Waals surface area contributed by atoms with E-state index in [9.17, 15) is 18.8 Å². The van der Waals surface area contributed by atoms with Gasteiger partial charge in [-0.25, -0.2) is 13.9 Å². The number of benzene rings is 1. The highest BCUT2D eigenvalue weighted by Gasteiger charge is 2.32. The van der Waals surface area contributed by atoms with Crippen molar-refractivity contribution >= 4 is 17.6 Å². The summed E-state index contributed by atoms with van der Waals surface area (Å²) >= 11 is 0. The molecular weight excluding hydrogens is 377 g/mol. The fourth-order valence-corrected chi connectivity index (χ4v) is 3.88. The number of amides is 3. The van der Waals surface area contributed by atoms with Crippen molar-refractivity contribution in [3.8, 4) is 0 Å². The van der Waals surface area contributed by atoms with Gasteiger partial charge in [0.2, 0.25) is 5.91 Å². The Morgan fingerprint density at radius 1 is 1.28 bits per heavy atom. The summed E-state index contributed by atoms with van der Waals surface area (Å²) in [7, 11) is 1.62. The van der Waals surface area contributed by atoms with Crippen LogP contribution in [-0.4, -0.2) is 52.3 Å². The maximum absolute atomic E-state index is 14.0. The maximum Gasteiger partial charge on any atom is 0.325 e. The molecule has 8 nitrogen and oxygen atoms in total. The van der Waals surface area contributed by atoms with Gasteiger partial charge in [-0.05, 0) is 37.0 Å². The molecule has 4 rings (SSSR count). The van der Waals surface area contributed by atoms with Gasteiger partial charge in [-0.1, -0.05) is 12.1 Å². The second-order valence-electron chi connectivity index (χ2n) is 7.39. The minimum absolute atomic E-state index is 0.0814.